The molecular formula is C16H15FN3O3+. The zero-order valence-corrected chi connectivity index (χ0v) is 12.1. The van der Waals surface area contributed by atoms with Gasteiger partial charge in [0.2, 0.25) is 17.9 Å². The van der Waals surface area contributed by atoms with Crippen LogP contribution in [0.25, 0.3) is 0 Å². The van der Waals surface area contributed by atoms with Gasteiger partial charge in [-0.15, -0.1) is 0 Å². The van der Waals surface area contributed by atoms with Crippen LogP contribution in [0.1, 0.15) is 21.9 Å². The Balaban J connectivity index is 2.09. The van der Waals surface area contributed by atoms with Gasteiger partial charge in [0, 0.05) is 12.5 Å². The predicted molar refractivity (Wildman–Crippen MR) is 82.6 cm³/mol. The second kappa shape index (κ2) is 7.17. The Morgan fingerprint density at radius 3 is 2.65 bits per heavy atom. The summed E-state index contributed by atoms with van der Waals surface area (Å²) in [5, 5.41) is 15.0. The smallest absolute Gasteiger partial charge is 0.358 e. The lowest BCUT2D eigenvalue weighted by atomic mass is 10.1. The normalized spacial score (nSPS) is 11.8. The number of nitrogens with zero attached hydrogens (tertiary/aromatic N) is 1. The van der Waals surface area contributed by atoms with E-state index in [1.54, 1.807) is 18.2 Å². The van der Waals surface area contributed by atoms with Gasteiger partial charge >= 0.3 is 5.84 Å². The molecule has 5 N–H and O–H groups in total. The first-order valence-electron chi connectivity index (χ1n) is 6.65. The third-order valence-corrected chi connectivity index (χ3v) is 2.94. The molecular weight excluding hydrogens is 301 g/mol. The number of furan rings is 1. The third kappa shape index (κ3) is 4.37. The number of aliphatic hydroxyl groups excluding tert-OH is 1. The third-order valence-electron chi connectivity index (χ3n) is 2.94. The molecule has 2 aromatic rings. The molecule has 0 saturated heterocycles. The molecule has 118 valence electrons. The summed E-state index contributed by atoms with van der Waals surface area (Å²) in [6, 6.07) is 9.07. The fourth-order valence-corrected chi connectivity index (χ4v) is 1.82. The lowest BCUT2D eigenvalue weighted by Crippen LogP contribution is -2.40. The fraction of sp³-hybridized carbons (Fsp3) is 0.0625. The zero-order chi connectivity index (χ0) is 16.8. The first-order valence-corrected chi connectivity index (χ1v) is 6.65. The highest BCUT2D eigenvalue weighted by Crippen LogP contribution is 2.15. The van der Waals surface area contributed by atoms with E-state index in [-0.39, 0.29) is 17.4 Å². The molecule has 0 amide bonds. The number of aliphatic hydroxyl groups is 1. The van der Waals surface area contributed by atoms with Crippen LogP contribution in [0.3, 0.4) is 0 Å². The Bertz CT molecular complexity index is 776. The standard InChI is InChI=1S/C16H14FN3O3/c17-11-3-1-10(2-4-11)7-12-5-6-15(23-12)13(21)8-14(22)16(19)20-9-18/h1-6,8-9,22H,7H2,(H3,18,19,20)/p+1/b14-8-. The van der Waals surface area contributed by atoms with Crippen LogP contribution in [0.5, 0.6) is 0 Å². The van der Waals surface area contributed by atoms with Gasteiger partial charge in [0.15, 0.2) is 5.76 Å². The van der Waals surface area contributed by atoms with Crippen molar-refractivity contribution in [2.75, 3.05) is 0 Å². The Kier molecular flexibility index (Phi) is 5.03. The van der Waals surface area contributed by atoms with Gasteiger partial charge in [-0.2, -0.15) is 0 Å². The first kappa shape index (κ1) is 16.2. The highest BCUT2D eigenvalue weighted by atomic mass is 19.1. The van der Waals surface area contributed by atoms with E-state index in [0.717, 1.165) is 18.0 Å². The SMILES string of the molecule is NC=NC(=[NH2+])/C(O)=C/C(=O)c1ccc(Cc2ccc(F)cc2)o1. The largest absolute Gasteiger partial charge is 0.501 e. The molecule has 7 heteroatoms. The Morgan fingerprint density at radius 1 is 1.30 bits per heavy atom. The number of benzene rings is 1. The summed E-state index contributed by atoms with van der Waals surface area (Å²) in [5.41, 5.74) is 5.88. The van der Waals surface area contributed by atoms with Crippen LogP contribution in [-0.4, -0.2) is 23.1 Å². The molecule has 23 heavy (non-hydrogen) atoms. The molecule has 0 aliphatic rings. The van der Waals surface area contributed by atoms with Crippen LogP contribution in [0.15, 0.2) is 57.6 Å². The maximum absolute atomic E-state index is 12.8. The Labute approximate surface area is 131 Å². The molecule has 0 radical (unpaired) electrons. The minimum absolute atomic E-state index is 0.0400. The fourth-order valence-electron chi connectivity index (χ4n) is 1.82. The van der Waals surface area contributed by atoms with Crippen molar-refractivity contribution >= 4 is 18.0 Å². The minimum atomic E-state index is -0.567. The van der Waals surface area contributed by atoms with Gasteiger partial charge in [0.05, 0.1) is 0 Å². The van der Waals surface area contributed by atoms with Crippen molar-refractivity contribution in [3.63, 3.8) is 0 Å². The van der Waals surface area contributed by atoms with Crippen LogP contribution < -0.4 is 11.1 Å². The summed E-state index contributed by atoms with van der Waals surface area (Å²) < 4.78 is 18.3. The minimum Gasteiger partial charge on any atom is -0.501 e. The number of aliphatic imine (C=N–C) groups is 1. The molecule has 6 nitrogen and oxygen atoms in total. The highest BCUT2D eigenvalue weighted by Gasteiger charge is 2.15. The number of amidine groups is 1. The van der Waals surface area contributed by atoms with Crippen molar-refractivity contribution in [2.45, 2.75) is 6.42 Å². The number of hydrogen-bond acceptors (Lipinski definition) is 3. The Hall–Kier alpha value is -3.22. The molecule has 0 bridgehead atoms. The Morgan fingerprint density at radius 2 is 2.00 bits per heavy atom. The van der Waals surface area contributed by atoms with E-state index in [1.165, 1.54) is 18.2 Å². The van der Waals surface area contributed by atoms with Gasteiger partial charge in [0.25, 0.3) is 0 Å². The van der Waals surface area contributed by atoms with Crippen LogP contribution in [0, 0.1) is 5.82 Å². The summed E-state index contributed by atoms with van der Waals surface area (Å²) in [6.07, 6.45) is 2.20. The quantitative estimate of drug-likeness (QED) is 0.248. The van der Waals surface area contributed by atoms with Crippen molar-refractivity contribution in [3.8, 4) is 0 Å². The highest BCUT2D eigenvalue weighted by molar-refractivity contribution is 6.08. The molecule has 2 rings (SSSR count). The van der Waals surface area contributed by atoms with Crippen LogP contribution in [0.4, 0.5) is 4.39 Å². The van der Waals surface area contributed by atoms with Crippen LogP contribution in [0.2, 0.25) is 0 Å². The molecule has 1 aromatic heterocycles. The van der Waals surface area contributed by atoms with Crippen LogP contribution >= 0.6 is 0 Å². The van der Waals surface area contributed by atoms with Gasteiger partial charge in [-0.05, 0) is 34.8 Å². The molecule has 0 atom stereocenters. The number of rotatable bonds is 5. The van der Waals surface area contributed by atoms with E-state index in [0.29, 0.717) is 12.2 Å². The van der Waals surface area contributed by atoms with Crippen molar-refractivity contribution in [1.29, 1.82) is 0 Å². The summed E-state index contributed by atoms with van der Waals surface area (Å²) in [7, 11) is 0. The number of nitrogens with two attached hydrogens (primary N) is 2. The molecule has 1 aromatic carbocycles. The van der Waals surface area contributed by atoms with Crippen LogP contribution in [-0.2, 0) is 6.42 Å². The van der Waals surface area contributed by atoms with Gasteiger partial charge in [-0.3, -0.25) is 10.2 Å². The summed E-state index contributed by atoms with van der Waals surface area (Å²) in [5.74, 6) is -1.10. The lowest BCUT2D eigenvalue weighted by molar-refractivity contribution is -0.116. The summed E-state index contributed by atoms with van der Waals surface area (Å²) in [6.45, 7) is 0. The summed E-state index contributed by atoms with van der Waals surface area (Å²) in [4.78, 5) is 15.4. The van der Waals surface area contributed by atoms with Crippen molar-refractivity contribution in [2.24, 2.45) is 10.7 Å². The van der Waals surface area contributed by atoms with Gasteiger partial charge < -0.3 is 15.3 Å². The number of hydrogen-bond donors (Lipinski definition) is 3. The number of allylic oxidation sites excluding steroid dienone is 1. The van der Waals surface area contributed by atoms with Gasteiger partial charge in [0.1, 0.15) is 11.6 Å². The van der Waals surface area contributed by atoms with Crippen molar-refractivity contribution in [3.05, 3.63) is 71.1 Å². The molecule has 0 aliphatic carbocycles. The van der Waals surface area contributed by atoms with E-state index < -0.39 is 11.5 Å². The van der Waals surface area contributed by atoms with E-state index in [9.17, 15) is 14.3 Å². The van der Waals surface area contributed by atoms with E-state index in [4.69, 9.17) is 15.6 Å². The summed E-state index contributed by atoms with van der Waals surface area (Å²) >= 11 is 0. The predicted octanol–water partition coefficient (Wildman–Crippen LogP) is 0.779. The number of halogens is 1. The molecule has 0 fully saturated rings. The topological polar surface area (TPSA) is 114 Å². The van der Waals surface area contributed by atoms with E-state index >= 15 is 0 Å². The van der Waals surface area contributed by atoms with Crippen molar-refractivity contribution in [1.82, 2.24) is 0 Å². The van der Waals surface area contributed by atoms with E-state index in [1.807, 2.05) is 0 Å². The average molecular weight is 316 g/mol. The zero-order valence-electron chi connectivity index (χ0n) is 12.1. The van der Waals surface area contributed by atoms with Crippen molar-refractivity contribution < 1.29 is 24.1 Å². The molecule has 0 aliphatic heterocycles. The maximum atomic E-state index is 12.8. The van der Waals surface area contributed by atoms with Gasteiger partial charge in [-0.1, -0.05) is 12.1 Å². The number of carbonyl (C=O) groups excluding carboxylic acids is 1. The molecule has 0 spiro atoms. The second-order valence-corrected chi connectivity index (χ2v) is 4.63. The maximum Gasteiger partial charge on any atom is 0.358 e. The number of ketones is 1. The molecule has 1 heterocycles. The lowest BCUT2D eigenvalue weighted by Gasteiger charge is -1.98. The number of carbonyl (C=O) groups is 1. The second-order valence-electron chi connectivity index (χ2n) is 4.63. The van der Waals surface area contributed by atoms with E-state index in [2.05, 4.69) is 4.99 Å². The van der Waals surface area contributed by atoms with Gasteiger partial charge in [-0.25, -0.2) is 4.39 Å². The monoisotopic (exact) mass is 316 g/mol. The molecule has 0 saturated carbocycles. The first-order chi connectivity index (χ1) is 11.0. The average Bonchev–Trinajstić information content (AvgIpc) is 2.98. The molecule has 0 unspecified atom stereocenters.